The first-order valence-electron chi connectivity index (χ1n) is 34.9. The lowest BCUT2D eigenvalue weighted by Crippen LogP contribution is -2.57. The van der Waals surface area contributed by atoms with Crippen molar-refractivity contribution < 1.29 is 99.2 Å². The number of nitrogens with zero attached hydrogens (tertiary/aromatic N) is 2. The molecule has 31 nitrogen and oxygen atoms in total. The minimum Gasteiger partial charge on any atom is -0.456 e. The number of Topliss-reactive ketones (excluding diaryl/α,β-unsaturated/α-hetero) is 1. The zero-order valence-electron chi connectivity index (χ0n) is 62.1. The predicted molar refractivity (Wildman–Crippen MR) is 388 cm³/mol. The second-order valence-electron chi connectivity index (χ2n) is 26.9. The Morgan fingerprint density at radius 2 is 1.42 bits per heavy atom. The number of nitrogens with one attached hydrogen (secondary N) is 6. The first kappa shape index (κ1) is 90.6. The van der Waals surface area contributed by atoms with Gasteiger partial charge in [0, 0.05) is 68.1 Å². The Kier molecular flexibility index (Phi) is 38.7. The van der Waals surface area contributed by atoms with Crippen LogP contribution in [0.2, 0.25) is 5.02 Å². The van der Waals surface area contributed by atoms with Crippen molar-refractivity contribution in [3.05, 3.63) is 88.0 Å². The van der Waals surface area contributed by atoms with Gasteiger partial charge in [0.2, 0.25) is 29.5 Å². The Bertz CT molecular complexity index is 3400. The second-order valence-corrected chi connectivity index (χ2v) is 30.4. The number of primary amides is 1. The fourth-order valence-electron chi connectivity index (χ4n) is 10.8. The van der Waals surface area contributed by atoms with Crippen LogP contribution in [0, 0.1) is 29.6 Å². The first-order chi connectivity index (χ1) is 48.7. The normalized spacial score (nSPS) is 23.2. The number of alkyl carbamates (subject to hydrolysis) is 1. The van der Waals surface area contributed by atoms with Crippen molar-refractivity contribution in [2.75, 3.05) is 45.7 Å². The molecule has 0 spiro atoms. The van der Waals surface area contributed by atoms with E-state index in [1.165, 1.54) is 65.2 Å². The van der Waals surface area contributed by atoms with Gasteiger partial charge in [-0.2, -0.15) is 4.31 Å². The van der Waals surface area contributed by atoms with Crippen LogP contribution in [0.4, 0.5) is 15.3 Å². The number of unbranched alkanes of at least 4 members (excludes halogenated alkanes) is 2. The zero-order valence-corrected chi connectivity index (χ0v) is 64.6. The molecule has 2 aromatic carbocycles. The van der Waals surface area contributed by atoms with Crippen LogP contribution in [0.25, 0.3) is 0 Å². The molecule has 104 heavy (non-hydrogen) atoms. The van der Waals surface area contributed by atoms with Crippen molar-refractivity contribution in [3.8, 4) is 0 Å². The van der Waals surface area contributed by atoms with Crippen molar-refractivity contribution >= 4 is 98.2 Å². The molecule has 3 rings (SSSR count). The molecular formula is C70H109ClN10O21P2. The van der Waals surface area contributed by atoms with Gasteiger partial charge < -0.3 is 77.2 Å². The number of nitrogens with two attached hydrogens (primary N) is 2. The highest BCUT2D eigenvalue weighted by molar-refractivity contribution is 7.61. The number of esters is 2. The Morgan fingerprint density at radius 3 is 2.03 bits per heavy atom. The van der Waals surface area contributed by atoms with E-state index in [0.717, 1.165) is 9.80 Å². The van der Waals surface area contributed by atoms with Crippen LogP contribution in [-0.4, -0.2) is 174 Å². The summed E-state index contributed by atoms with van der Waals surface area (Å²) in [6.45, 7) is 18.6. The fraction of sp³-hybridized carbons (Fsp3) is 0.614. The summed E-state index contributed by atoms with van der Waals surface area (Å²) in [7, 11) is -7.67. The number of cyclic esters (lactones) is 2. The Balaban J connectivity index is 1.78. The second kappa shape index (κ2) is 44.4. The molecule has 0 aromatic heterocycles. The SMILES string of the molecule is C/C=C(\C)[C@H]1OC(=O)[C@@H](C)NC(=O)[C@H](C(C)CC)NC(=O)CN(C)C(=O)[C@@H](Cc2ccc(Cl)cc2)N(C)C(=O)[C@H](C)NC(=O)[C@@H](CC(C)C)OC(=O)/C(C)=C/CC[C@H](OC(=O)NCCCCCOP(=O)(O)OP(=O)(O)OCc2ccc(NC(=O)[C@@H](CCCNC(N)=O)CC(=O)[C@H](N)C(C)C)cc2)[C@@H]1C. The highest BCUT2D eigenvalue weighted by Gasteiger charge is 2.39. The predicted octanol–water partition coefficient (Wildman–Crippen LogP) is 7.58. The third kappa shape index (κ3) is 32.0. The Morgan fingerprint density at radius 1 is 0.808 bits per heavy atom. The minimum atomic E-state index is -5.22. The lowest BCUT2D eigenvalue weighted by atomic mass is 9.90. The topological polar surface area (TPSA) is 448 Å². The van der Waals surface area contributed by atoms with Gasteiger partial charge in [-0.05, 0) is 145 Å². The van der Waals surface area contributed by atoms with Gasteiger partial charge in [0.1, 0.15) is 36.4 Å². The standard InChI is InChI=1S/C70H109ClN10O21P2/c1-15-43(7)60-64(86)77-48(12)68(90)101-61(44(8)16-2)46(10)56(24-20-22-45(9)67(89)99-57(36-41(3)4)63(85)76-47(11)65(87)81(14)54(37-49-25-29-52(71)30-26-49)66(88)80(13)39-58(83)79-60)100-70(92)75-33-18-17-19-35-97-103(93,94)102-104(95,96)98-40-50-27-31-53(32-28-50)78-62(84)51(23-21-34-74-69(73)91)38-55(82)59(72)42(5)6/h16,22,25-32,41-43,46-48,51,54,56-57,59-61H,15,17-21,23-24,33-40,72H2,1-14H3,(H,75,92)(H,76,85)(H,77,86)(H,78,84)(H,79,83)(H,93,94)(H,95,96)(H3,73,74,91)/b44-16+,45-22+/t43?,46-,47-,48+,51-,54+,56-,57+,59+,60-,61+/m0/s1. The van der Waals surface area contributed by atoms with Gasteiger partial charge in [-0.3, -0.25) is 42.6 Å². The number of carbonyl (C=O) groups excluding carboxylic acids is 11. The van der Waals surface area contributed by atoms with E-state index in [-0.39, 0.29) is 94.1 Å². The van der Waals surface area contributed by atoms with Gasteiger partial charge in [-0.25, -0.2) is 28.3 Å². The van der Waals surface area contributed by atoms with E-state index in [0.29, 0.717) is 40.3 Å². The van der Waals surface area contributed by atoms with Crippen molar-refractivity contribution in [1.82, 2.24) is 36.4 Å². The number of allylic oxidation sites excluding steroid dienone is 2. The van der Waals surface area contributed by atoms with Crippen LogP contribution >= 0.6 is 27.2 Å². The monoisotopic (exact) mass is 1520 g/mol. The molecule has 0 aliphatic carbocycles. The summed E-state index contributed by atoms with van der Waals surface area (Å²) in [5.74, 6) is -8.61. The summed E-state index contributed by atoms with van der Waals surface area (Å²) in [4.78, 5) is 172. The number of likely N-dealkylation sites (N-methyl/N-ethyl adjacent to an activating group) is 2. The average molecular weight is 1520 g/mol. The van der Waals surface area contributed by atoms with Crippen LogP contribution in [0.1, 0.15) is 158 Å². The van der Waals surface area contributed by atoms with Gasteiger partial charge in [-0.15, -0.1) is 0 Å². The molecule has 0 radical (unpaired) electrons. The maximum absolute atomic E-state index is 14.4. The molecule has 1 heterocycles. The zero-order chi connectivity index (χ0) is 78.3. The molecule has 9 amide bonds. The fourth-order valence-corrected chi connectivity index (χ4v) is 13.0. The van der Waals surface area contributed by atoms with Crippen LogP contribution in [0.15, 0.2) is 71.8 Å². The van der Waals surface area contributed by atoms with Crippen LogP contribution in [0.5, 0.6) is 0 Å². The van der Waals surface area contributed by atoms with E-state index in [4.69, 9.17) is 46.3 Å². The molecule has 34 heteroatoms. The summed E-state index contributed by atoms with van der Waals surface area (Å²) in [6.07, 6.45) is 0.370. The summed E-state index contributed by atoms with van der Waals surface area (Å²) in [6, 6.07) is 5.86. The van der Waals surface area contributed by atoms with E-state index in [9.17, 15) is 71.7 Å². The molecule has 1 aliphatic heterocycles. The Hall–Kier alpha value is -7.60. The van der Waals surface area contributed by atoms with Crippen molar-refractivity contribution in [2.45, 2.75) is 209 Å². The van der Waals surface area contributed by atoms with Crippen molar-refractivity contribution in [3.63, 3.8) is 0 Å². The van der Waals surface area contributed by atoms with E-state index in [1.54, 1.807) is 78.8 Å². The van der Waals surface area contributed by atoms with Gasteiger partial charge in [-0.1, -0.05) is 103 Å². The number of urea groups is 1. The number of hydrogen-bond acceptors (Lipinski definition) is 20. The quantitative estimate of drug-likeness (QED) is 0.0118. The first-order valence-corrected chi connectivity index (χ1v) is 38.3. The number of ketones is 1. The van der Waals surface area contributed by atoms with Crippen LogP contribution < -0.4 is 43.4 Å². The number of amides is 9. The lowest BCUT2D eigenvalue weighted by Gasteiger charge is -2.33. The molecule has 13 atom stereocenters. The van der Waals surface area contributed by atoms with Crippen molar-refractivity contribution in [1.29, 1.82) is 0 Å². The molecule has 582 valence electrons. The van der Waals surface area contributed by atoms with Crippen LogP contribution in [0.3, 0.4) is 0 Å². The molecule has 3 unspecified atom stereocenters. The summed E-state index contributed by atoms with van der Waals surface area (Å²) >= 11 is 6.17. The molecule has 0 fully saturated rings. The number of phosphoric ester groups is 2. The number of anilines is 1. The Labute approximate surface area is 614 Å². The van der Waals surface area contributed by atoms with Gasteiger partial charge in [0.15, 0.2) is 11.9 Å². The van der Waals surface area contributed by atoms with E-state index in [2.05, 4.69) is 36.2 Å². The third-order valence-electron chi connectivity index (χ3n) is 17.5. The third-order valence-corrected chi connectivity index (χ3v) is 20.3. The largest absolute Gasteiger partial charge is 0.481 e. The molecule has 0 saturated carbocycles. The van der Waals surface area contributed by atoms with E-state index < -0.39 is 161 Å². The summed E-state index contributed by atoms with van der Waals surface area (Å²) in [5, 5.41) is 16.3. The molecular weight excluding hydrogens is 1410 g/mol. The smallest absolute Gasteiger partial charge is 0.456 e. The van der Waals surface area contributed by atoms with Gasteiger partial charge >= 0.3 is 39.7 Å². The highest BCUT2D eigenvalue weighted by atomic mass is 35.5. The molecule has 2 aromatic rings. The number of rotatable bonds is 30. The number of ether oxygens (including phenoxy) is 3. The number of phosphoric acid groups is 2. The van der Waals surface area contributed by atoms with E-state index >= 15 is 0 Å². The summed E-state index contributed by atoms with van der Waals surface area (Å²) in [5.41, 5.74) is 13.0. The number of hydrogen-bond donors (Lipinski definition) is 10. The molecule has 0 saturated heterocycles. The summed E-state index contributed by atoms with van der Waals surface area (Å²) < 4.78 is 57.9. The number of carbonyl (C=O) groups is 11. The molecule has 12 N–H and O–H groups in total. The maximum Gasteiger partial charge on any atom is 0.481 e. The van der Waals surface area contributed by atoms with E-state index in [1.807, 2.05) is 13.8 Å². The average Bonchev–Trinajstić information content (AvgIpc) is 0.842. The minimum absolute atomic E-state index is 0.00783. The van der Waals surface area contributed by atoms with Crippen molar-refractivity contribution in [2.24, 2.45) is 41.1 Å². The number of halogens is 1. The molecule has 1 aliphatic rings. The van der Waals surface area contributed by atoms with Gasteiger partial charge in [0.05, 0.1) is 25.8 Å². The highest BCUT2D eigenvalue weighted by Crippen LogP contribution is 2.60. The lowest BCUT2D eigenvalue weighted by molar-refractivity contribution is -0.155. The van der Waals surface area contributed by atoms with Crippen LogP contribution in [-0.2, 0) is 92.9 Å². The maximum atomic E-state index is 14.4. The van der Waals surface area contributed by atoms with Gasteiger partial charge in [0.25, 0.3) is 5.91 Å². The molecule has 0 bridgehead atoms. The number of benzene rings is 2.